The molecule has 82 valence electrons. The molecule has 0 spiro atoms. The van der Waals surface area contributed by atoms with Crippen LogP contribution in [0.2, 0.25) is 5.02 Å². The molecule has 0 saturated heterocycles. The van der Waals surface area contributed by atoms with Crippen molar-refractivity contribution in [3.05, 3.63) is 34.9 Å². The van der Waals surface area contributed by atoms with Crippen molar-refractivity contribution < 1.29 is 5.11 Å². The smallest absolute Gasteiger partial charge is 0.0860 e. The maximum Gasteiger partial charge on any atom is 0.0860 e. The highest BCUT2D eigenvalue weighted by atomic mass is 35.5. The summed E-state index contributed by atoms with van der Waals surface area (Å²) in [6, 6.07) is 7.35. The van der Waals surface area contributed by atoms with Crippen LogP contribution < -0.4 is 5.73 Å². The molecule has 1 aromatic carbocycles. The summed E-state index contributed by atoms with van der Waals surface area (Å²) in [5.41, 5.74) is 6.55. The molecule has 15 heavy (non-hydrogen) atoms. The Kier molecular flexibility index (Phi) is 2.75. The van der Waals surface area contributed by atoms with Crippen molar-refractivity contribution in [3.8, 4) is 0 Å². The molecule has 2 nitrogen and oxygen atoms in total. The predicted octanol–water partition coefficient (Wildman–Crippen LogP) is 2.36. The first kappa shape index (κ1) is 10.9. The fourth-order valence-corrected chi connectivity index (χ4v) is 2.39. The van der Waals surface area contributed by atoms with E-state index in [1.807, 2.05) is 12.1 Å². The van der Waals surface area contributed by atoms with Gasteiger partial charge in [0.15, 0.2) is 0 Å². The number of hydrogen-bond donors (Lipinski definition) is 2. The van der Waals surface area contributed by atoms with Crippen LogP contribution in [0.25, 0.3) is 0 Å². The van der Waals surface area contributed by atoms with Crippen LogP contribution in [-0.2, 0) is 0 Å². The van der Waals surface area contributed by atoms with Crippen molar-refractivity contribution in [2.45, 2.75) is 19.4 Å². The largest absolute Gasteiger partial charge is 0.388 e. The summed E-state index contributed by atoms with van der Waals surface area (Å²) in [7, 11) is 0. The molecule has 0 radical (unpaired) electrons. The van der Waals surface area contributed by atoms with Gasteiger partial charge in [0.1, 0.15) is 0 Å². The summed E-state index contributed by atoms with van der Waals surface area (Å²) in [5.74, 6) is 0.508. The summed E-state index contributed by atoms with van der Waals surface area (Å²) >= 11 is 5.80. The summed E-state index contributed by atoms with van der Waals surface area (Å²) < 4.78 is 0. The molecule has 0 heterocycles. The van der Waals surface area contributed by atoms with Crippen molar-refractivity contribution in [2.24, 2.45) is 17.1 Å². The lowest BCUT2D eigenvalue weighted by atomic mass is 9.91. The lowest BCUT2D eigenvalue weighted by Gasteiger charge is -2.22. The number of aliphatic hydroxyl groups is 1. The number of rotatable bonds is 3. The second-order valence-corrected chi connectivity index (χ2v) is 4.93. The van der Waals surface area contributed by atoms with E-state index in [1.165, 1.54) is 0 Å². The molecule has 1 aliphatic rings. The third kappa shape index (κ3) is 1.78. The Labute approximate surface area is 95.1 Å². The molecule has 0 aromatic heterocycles. The molecule has 1 aliphatic carbocycles. The van der Waals surface area contributed by atoms with E-state index in [1.54, 1.807) is 12.1 Å². The average Bonchev–Trinajstić information content (AvgIpc) is 2.91. The van der Waals surface area contributed by atoms with Gasteiger partial charge < -0.3 is 10.8 Å². The Balaban J connectivity index is 2.21. The standard InChI is InChI=1S/C12H16ClNO/c1-8-6-12(8,7-14)11(15)9-2-4-10(13)5-3-9/h2-5,8,11,15H,6-7,14H2,1H3/t8-,11-,12-/m0/s1. The van der Waals surface area contributed by atoms with E-state index in [4.69, 9.17) is 17.3 Å². The SMILES string of the molecule is C[C@H]1C[C@@]1(CN)[C@@H](O)c1ccc(Cl)cc1. The van der Waals surface area contributed by atoms with Gasteiger partial charge in [0, 0.05) is 17.0 Å². The molecule has 3 N–H and O–H groups in total. The van der Waals surface area contributed by atoms with E-state index >= 15 is 0 Å². The second-order valence-electron chi connectivity index (χ2n) is 4.50. The van der Waals surface area contributed by atoms with Gasteiger partial charge in [-0.25, -0.2) is 0 Å². The van der Waals surface area contributed by atoms with Crippen molar-refractivity contribution in [2.75, 3.05) is 6.54 Å². The zero-order valence-corrected chi connectivity index (χ0v) is 9.54. The highest BCUT2D eigenvalue weighted by Gasteiger charge is 2.55. The van der Waals surface area contributed by atoms with Crippen LogP contribution in [0.1, 0.15) is 25.0 Å². The minimum Gasteiger partial charge on any atom is -0.388 e. The van der Waals surface area contributed by atoms with Crippen LogP contribution in [0.15, 0.2) is 24.3 Å². The van der Waals surface area contributed by atoms with Gasteiger partial charge in [-0.05, 0) is 30.0 Å². The third-order valence-corrected chi connectivity index (χ3v) is 3.87. The monoisotopic (exact) mass is 225 g/mol. The van der Waals surface area contributed by atoms with Crippen molar-refractivity contribution >= 4 is 11.6 Å². The minimum absolute atomic E-state index is 0.103. The molecule has 0 unspecified atom stereocenters. The van der Waals surface area contributed by atoms with E-state index in [0.29, 0.717) is 17.5 Å². The normalized spacial score (nSPS) is 31.3. The molecule has 3 heteroatoms. The van der Waals surface area contributed by atoms with Crippen LogP contribution in [0.4, 0.5) is 0 Å². The van der Waals surface area contributed by atoms with Gasteiger partial charge in [-0.15, -0.1) is 0 Å². The highest BCUT2D eigenvalue weighted by molar-refractivity contribution is 6.30. The van der Waals surface area contributed by atoms with Crippen LogP contribution >= 0.6 is 11.6 Å². The number of nitrogens with two attached hydrogens (primary N) is 1. The van der Waals surface area contributed by atoms with E-state index in [2.05, 4.69) is 6.92 Å². The van der Waals surface area contributed by atoms with Crippen molar-refractivity contribution in [1.29, 1.82) is 0 Å². The van der Waals surface area contributed by atoms with Gasteiger partial charge in [-0.2, -0.15) is 0 Å². The number of aliphatic hydroxyl groups excluding tert-OH is 1. The fraction of sp³-hybridized carbons (Fsp3) is 0.500. The van der Waals surface area contributed by atoms with Gasteiger partial charge in [0.25, 0.3) is 0 Å². The molecule has 1 saturated carbocycles. The zero-order chi connectivity index (χ0) is 11.1. The van der Waals surface area contributed by atoms with Gasteiger partial charge >= 0.3 is 0 Å². The van der Waals surface area contributed by atoms with Crippen LogP contribution in [0.5, 0.6) is 0 Å². The van der Waals surface area contributed by atoms with Gasteiger partial charge in [-0.1, -0.05) is 30.7 Å². The lowest BCUT2D eigenvalue weighted by molar-refractivity contribution is 0.0889. The predicted molar refractivity (Wildman–Crippen MR) is 61.7 cm³/mol. The minimum atomic E-state index is -0.463. The first-order valence-electron chi connectivity index (χ1n) is 5.24. The Bertz CT molecular complexity index is 347. The summed E-state index contributed by atoms with van der Waals surface area (Å²) in [6.45, 7) is 2.67. The molecular formula is C12H16ClNO. The zero-order valence-electron chi connectivity index (χ0n) is 8.78. The first-order chi connectivity index (χ1) is 7.10. The van der Waals surface area contributed by atoms with Gasteiger partial charge in [-0.3, -0.25) is 0 Å². The molecule has 2 rings (SSSR count). The number of hydrogen-bond acceptors (Lipinski definition) is 2. The lowest BCUT2D eigenvalue weighted by Crippen LogP contribution is -2.25. The van der Waals surface area contributed by atoms with Crippen molar-refractivity contribution in [3.63, 3.8) is 0 Å². The van der Waals surface area contributed by atoms with E-state index in [0.717, 1.165) is 12.0 Å². The summed E-state index contributed by atoms with van der Waals surface area (Å²) in [6.07, 6.45) is 0.544. The quantitative estimate of drug-likeness (QED) is 0.830. The van der Waals surface area contributed by atoms with Gasteiger partial charge in [0.05, 0.1) is 6.10 Å². The average molecular weight is 226 g/mol. The van der Waals surface area contributed by atoms with E-state index < -0.39 is 6.10 Å². The molecule has 0 bridgehead atoms. The number of benzene rings is 1. The van der Waals surface area contributed by atoms with Crippen LogP contribution in [0.3, 0.4) is 0 Å². The maximum absolute atomic E-state index is 10.2. The molecule has 3 atom stereocenters. The topological polar surface area (TPSA) is 46.2 Å². The molecular weight excluding hydrogens is 210 g/mol. The van der Waals surface area contributed by atoms with Crippen molar-refractivity contribution in [1.82, 2.24) is 0 Å². The maximum atomic E-state index is 10.2. The second kappa shape index (κ2) is 3.78. The van der Waals surface area contributed by atoms with Crippen LogP contribution in [0, 0.1) is 11.3 Å². The Morgan fingerprint density at radius 2 is 2.07 bits per heavy atom. The Hall–Kier alpha value is -0.570. The molecule has 0 aliphatic heterocycles. The molecule has 0 amide bonds. The van der Waals surface area contributed by atoms with E-state index in [9.17, 15) is 5.11 Å². The highest BCUT2D eigenvalue weighted by Crippen LogP contribution is 2.59. The first-order valence-corrected chi connectivity index (χ1v) is 5.61. The molecule has 1 fully saturated rings. The Morgan fingerprint density at radius 1 is 1.53 bits per heavy atom. The van der Waals surface area contributed by atoms with Gasteiger partial charge in [0.2, 0.25) is 0 Å². The fourth-order valence-electron chi connectivity index (χ4n) is 2.27. The third-order valence-electron chi connectivity index (χ3n) is 3.62. The summed E-state index contributed by atoms with van der Waals surface area (Å²) in [5, 5.41) is 10.9. The van der Waals surface area contributed by atoms with Crippen LogP contribution in [-0.4, -0.2) is 11.7 Å². The van der Waals surface area contributed by atoms with E-state index in [-0.39, 0.29) is 5.41 Å². The summed E-state index contributed by atoms with van der Waals surface area (Å²) in [4.78, 5) is 0. The molecule has 1 aromatic rings. The number of halogens is 1. The Morgan fingerprint density at radius 3 is 2.47 bits per heavy atom.